The highest BCUT2D eigenvalue weighted by Gasteiger charge is 2.40. The topological polar surface area (TPSA) is 84.9 Å². The molecule has 0 unspecified atom stereocenters. The summed E-state index contributed by atoms with van der Waals surface area (Å²) in [6.45, 7) is 1.81. The first kappa shape index (κ1) is 18.9. The van der Waals surface area contributed by atoms with Crippen LogP contribution in [0.5, 0.6) is 5.75 Å². The summed E-state index contributed by atoms with van der Waals surface area (Å²) in [5.74, 6) is -4.85. The molecule has 1 aromatic rings. The third-order valence-electron chi connectivity index (χ3n) is 3.50. The van der Waals surface area contributed by atoms with Crippen LogP contribution in [-0.2, 0) is 16.0 Å². The van der Waals surface area contributed by atoms with Crippen LogP contribution >= 0.6 is 22.6 Å². The van der Waals surface area contributed by atoms with E-state index in [4.69, 9.17) is 9.39 Å². The zero-order valence-electron chi connectivity index (χ0n) is 12.8. The van der Waals surface area contributed by atoms with Gasteiger partial charge in [0, 0.05) is 12.0 Å². The van der Waals surface area contributed by atoms with E-state index in [1.807, 2.05) is 6.92 Å². The van der Waals surface area contributed by atoms with Gasteiger partial charge >= 0.3 is 13.1 Å². The molecule has 10 heteroatoms. The van der Waals surface area contributed by atoms with Gasteiger partial charge in [0.15, 0.2) is 11.6 Å². The second-order valence-electron chi connectivity index (χ2n) is 5.21. The Labute approximate surface area is 151 Å². The van der Waals surface area contributed by atoms with Crippen molar-refractivity contribution in [1.82, 2.24) is 5.32 Å². The molecule has 0 radical (unpaired) electrons. The van der Waals surface area contributed by atoms with E-state index in [-0.39, 0.29) is 40.2 Å². The van der Waals surface area contributed by atoms with Crippen molar-refractivity contribution in [3.63, 3.8) is 0 Å². The van der Waals surface area contributed by atoms with E-state index >= 15 is 0 Å². The van der Waals surface area contributed by atoms with Crippen molar-refractivity contribution in [3.8, 4) is 5.75 Å². The summed E-state index contributed by atoms with van der Waals surface area (Å²) in [5.41, 5.74) is -0.527. The van der Waals surface area contributed by atoms with E-state index < -0.39 is 30.7 Å². The fourth-order valence-electron chi connectivity index (χ4n) is 2.41. The summed E-state index contributed by atoms with van der Waals surface area (Å²) in [7, 11) is -1.49. The van der Waals surface area contributed by atoms with Gasteiger partial charge in [-0.25, -0.2) is 13.6 Å². The van der Waals surface area contributed by atoms with Crippen molar-refractivity contribution in [2.75, 3.05) is 4.61 Å². The summed E-state index contributed by atoms with van der Waals surface area (Å²) >= 11 is 1.78. The molecule has 6 nitrogen and oxygen atoms in total. The SMILES string of the molecule is CCCC(=O)N[C@H]1Cc2c(F)c(F)cc(C(=O)OCI)c2OB1O. The maximum absolute atomic E-state index is 14.1. The van der Waals surface area contributed by atoms with Crippen LogP contribution in [0.3, 0.4) is 0 Å². The lowest BCUT2D eigenvalue weighted by Gasteiger charge is -2.29. The largest absolute Gasteiger partial charge is 0.547 e. The number of fused-ring (bicyclic) bond motifs is 1. The summed E-state index contributed by atoms with van der Waals surface area (Å²) in [6.07, 6.45) is 0.621. The van der Waals surface area contributed by atoms with Crippen molar-refractivity contribution in [2.24, 2.45) is 0 Å². The van der Waals surface area contributed by atoms with Gasteiger partial charge < -0.3 is 19.7 Å². The number of amides is 1. The minimum Gasteiger partial charge on any atom is -0.534 e. The summed E-state index contributed by atoms with van der Waals surface area (Å²) in [4.78, 5) is 23.5. The Bertz CT molecular complexity index is 661. The number of hydrogen-bond acceptors (Lipinski definition) is 5. The summed E-state index contributed by atoms with van der Waals surface area (Å²) < 4.78 is 37.9. The van der Waals surface area contributed by atoms with E-state index in [0.717, 1.165) is 0 Å². The Morgan fingerprint density at radius 1 is 1.54 bits per heavy atom. The van der Waals surface area contributed by atoms with Crippen LogP contribution in [0.1, 0.15) is 35.7 Å². The second kappa shape index (κ2) is 8.10. The average molecular weight is 453 g/mol. The zero-order chi connectivity index (χ0) is 17.9. The lowest BCUT2D eigenvalue weighted by Crippen LogP contribution is -2.53. The first-order valence-electron chi connectivity index (χ1n) is 7.27. The monoisotopic (exact) mass is 453 g/mol. The van der Waals surface area contributed by atoms with Crippen molar-refractivity contribution in [2.45, 2.75) is 32.1 Å². The molecule has 24 heavy (non-hydrogen) atoms. The molecule has 0 saturated heterocycles. The molecular formula is C14H15BF2INO5. The minimum absolute atomic E-state index is 0.0165. The molecule has 1 aliphatic heterocycles. The molecule has 2 N–H and O–H groups in total. The Balaban J connectivity index is 2.36. The smallest absolute Gasteiger partial charge is 0.534 e. The fourth-order valence-corrected chi connectivity index (χ4v) is 2.69. The van der Waals surface area contributed by atoms with Crippen LogP contribution in [0.25, 0.3) is 0 Å². The molecule has 1 amide bonds. The highest BCUT2D eigenvalue weighted by atomic mass is 127. The number of rotatable bonds is 5. The van der Waals surface area contributed by atoms with Gasteiger partial charge in [-0.05, 0) is 41.5 Å². The van der Waals surface area contributed by atoms with Crippen molar-refractivity contribution in [3.05, 3.63) is 28.8 Å². The van der Waals surface area contributed by atoms with Crippen LogP contribution in [0.4, 0.5) is 8.78 Å². The van der Waals surface area contributed by atoms with Crippen LogP contribution in [0.15, 0.2) is 6.07 Å². The van der Waals surface area contributed by atoms with Gasteiger partial charge in [-0.3, -0.25) is 4.79 Å². The van der Waals surface area contributed by atoms with Gasteiger partial charge in [-0.2, -0.15) is 0 Å². The molecule has 0 saturated carbocycles. The van der Waals surface area contributed by atoms with E-state index in [2.05, 4.69) is 5.32 Å². The lowest BCUT2D eigenvalue weighted by atomic mass is 9.72. The number of hydrogen-bond donors (Lipinski definition) is 2. The molecule has 2 rings (SSSR count). The van der Waals surface area contributed by atoms with E-state index in [1.165, 1.54) is 0 Å². The van der Waals surface area contributed by atoms with Crippen LogP contribution in [0.2, 0.25) is 0 Å². The van der Waals surface area contributed by atoms with E-state index in [1.54, 1.807) is 22.6 Å². The Kier molecular flexibility index (Phi) is 6.38. The van der Waals surface area contributed by atoms with Crippen molar-refractivity contribution < 1.29 is 32.8 Å². The maximum atomic E-state index is 14.1. The predicted octanol–water partition coefficient (Wildman–Crippen LogP) is 1.75. The van der Waals surface area contributed by atoms with Gasteiger partial charge in [0.1, 0.15) is 15.9 Å². The summed E-state index contributed by atoms with van der Waals surface area (Å²) in [6, 6.07) is 0.672. The number of carbonyl (C=O) groups excluding carboxylic acids is 2. The lowest BCUT2D eigenvalue weighted by molar-refractivity contribution is -0.121. The molecule has 130 valence electrons. The van der Waals surface area contributed by atoms with Gasteiger partial charge in [-0.15, -0.1) is 0 Å². The summed E-state index contributed by atoms with van der Waals surface area (Å²) in [5, 5.41) is 12.5. The standard InChI is InChI=1S/C14H15BF2INO5/c1-2-3-11(20)19-10-5-7-12(17)9(16)4-8(14(21)23-6-18)13(7)24-15(10)22/h4,10,22H,2-3,5-6H2,1H3,(H,19,20)/t10-/m0/s1. The highest BCUT2D eigenvalue weighted by molar-refractivity contribution is 14.1. The van der Waals surface area contributed by atoms with Gasteiger partial charge in [-0.1, -0.05) is 6.92 Å². The quantitative estimate of drug-likeness (QED) is 0.308. The molecule has 1 heterocycles. The molecule has 0 aromatic heterocycles. The number of nitrogens with one attached hydrogen (secondary N) is 1. The van der Waals surface area contributed by atoms with Crippen LogP contribution in [0, 0.1) is 11.6 Å². The Morgan fingerprint density at radius 2 is 2.25 bits per heavy atom. The van der Waals surface area contributed by atoms with Crippen molar-refractivity contribution >= 4 is 41.6 Å². The molecule has 0 fully saturated rings. The number of ether oxygens (including phenoxy) is 1. The van der Waals surface area contributed by atoms with Gasteiger partial charge in [0.2, 0.25) is 5.91 Å². The third-order valence-corrected chi connectivity index (χ3v) is 3.81. The molecule has 1 aliphatic rings. The van der Waals surface area contributed by atoms with Gasteiger partial charge in [0.05, 0.1) is 5.94 Å². The minimum atomic E-state index is -1.49. The Morgan fingerprint density at radius 3 is 2.88 bits per heavy atom. The molecule has 0 bridgehead atoms. The zero-order valence-corrected chi connectivity index (χ0v) is 14.9. The molecular weight excluding hydrogens is 438 g/mol. The molecule has 1 atom stereocenters. The predicted molar refractivity (Wildman–Crippen MR) is 89.8 cm³/mol. The number of esters is 1. The number of carbonyl (C=O) groups is 2. The second-order valence-corrected chi connectivity index (χ2v) is 5.83. The fraction of sp³-hybridized carbons (Fsp3) is 0.429. The average Bonchev–Trinajstić information content (AvgIpc) is 2.52. The molecule has 0 aliphatic carbocycles. The first-order chi connectivity index (χ1) is 11.4. The van der Waals surface area contributed by atoms with Crippen LogP contribution in [-0.4, -0.2) is 34.6 Å². The van der Waals surface area contributed by atoms with Crippen molar-refractivity contribution in [1.29, 1.82) is 0 Å². The van der Waals surface area contributed by atoms with Crippen LogP contribution < -0.4 is 9.97 Å². The number of halogens is 3. The number of alkyl halides is 1. The van der Waals surface area contributed by atoms with E-state index in [9.17, 15) is 23.4 Å². The third kappa shape index (κ3) is 3.97. The number of benzene rings is 1. The molecule has 1 aromatic carbocycles. The van der Waals surface area contributed by atoms with Gasteiger partial charge in [0.25, 0.3) is 0 Å². The first-order valence-corrected chi connectivity index (χ1v) is 8.79. The highest BCUT2D eigenvalue weighted by Crippen LogP contribution is 2.34. The Hall–Kier alpha value is -1.43. The maximum Gasteiger partial charge on any atom is 0.547 e. The van der Waals surface area contributed by atoms with E-state index in [0.29, 0.717) is 12.5 Å². The normalized spacial score (nSPS) is 16.2. The molecule has 0 spiro atoms.